The molecule has 0 radical (unpaired) electrons. The number of rotatable bonds is 5. The lowest BCUT2D eigenvalue weighted by molar-refractivity contribution is -0.137. The van der Waals surface area contributed by atoms with Gasteiger partial charge in [-0.25, -0.2) is 0 Å². The maximum Gasteiger partial charge on any atom is 0.303 e. The van der Waals surface area contributed by atoms with Gasteiger partial charge >= 0.3 is 5.97 Å². The van der Waals surface area contributed by atoms with Crippen LogP contribution in [0.15, 0.2) is 18.2 Å². The number of anilines is 1. The van der Waals surface area contributed by atoms with Gasteiger partial charge in [-0.2, -0.15) is 0 Å². The lowest BCUT2D eigenvalue weighted by Gasteiger charge is -2.26. The molecule has 1 aromatic rings. The van der Waals surface area contributed by atoms with Crippen LogP contribution < -0.4 is 11.1 Å². The molecule has 19 heavy (non-hydrogen) atoms. The highest BCUT2D eigenvalue weighted by molar-refractivity contribution is 5.96. The summed E-state index contributed by atoms with van der Waals surface area (Å²) in [6, 6.07) is 5.15. The Balaban J connectivity index is 2.78. The number of benzene rings is 1. The van der Waals surface area contributed by atoms with E-state index in [1.54, 1.807) is 32.0 Å². The van der Waals surface area contributed by atoms with Crippen LogP contribution in [-0.4, -0.2) is 22.5 Å². The summed E-state index contributed by atoms with van der Waals surface area (Å²) in [5.74, 6) is -1.11. The van der Waals surface area contributed by atoms with Crippen LogP contribution in [0.4, 0.5) is 5.69 Å². The van der Waals surface area contributed by atoms with Crippen molar-refractivity contribution in [1.82, 2.24) is 5.32 Å². The number of hydrogen-bond donors (Lipinski definition) is 3. The second kappa shape index (κ2) is 5.73. The molecule has 0 aliphatic rings. The first-order valence-electron chi connectivity index (χ1n) is 6.12. The Kier molecular flexibility index (Phi) is 4.53. The molecule has 0 aliphatic carbocycles. The van der Waals surface area contributed by atoms with E-state index in [0.29, 0.717) is 17.7 Å². The quantitative estimate of drug-likeness (QED) is 0.709. The van der Waals surface area contributed by atoms with Crippen molar-refractivity contribution in [2.75, 3.05) is 5.73 Å². The van der Waals surface area contributed by atoms with Crippen LogP contribution in [-0.2, 0) is 4.79 Å². The van der Waals surface area contributed by atoms with Crippen molar-refractivity contribution in [3.05, 3.63) is 29.3 Å². The average molecular weight is 264 g/mol. The number of nitrogens with one attached hydrogen (secondary N) is 1. The number of amides is 1. The third kappa shape index (κ3) is 4.62. The predicted octanol–water partition coefficient (Wildman–Crippen LogP) is 1.95. The normalized spacial score (nSPS) is 11.1. The minimum absolute atomic E-state index is 0.0171. The molecule has 0 aliphatic heterocycles. The molecule has 1 aromatic carbocycles. The lowest BCUT2D eigenvalue weighted by atomic mass is 9.97. The molecule has 0 atom stereocenters. The van der Waals surface area contributed by atoms with Crippen molar-refractivity contribution in [2.45, 2.75) is 39.2 Å². The van der Waals surface area contributed by atoms with Gasteiger partial charge in [0.1, 0.15) is 0 Å². The Morgan fingerprint density at radius 1 is 1.37 bits per heavy atom. The van der Waals surface area contributed by atoms with Gasteiger partial charge in [-0.15, -0.1) is 0 Å². The van der Waals surface area contributed by atoms with Gasteiger partial charge in [0.05, 0.1) is 0 Å². The summed E-state index contributed by atoms with van der Waals surface area (Å²) < 4.78 is 0. The number of carboxylic acid groups (broad SMARTS) is 1. The number of aliphatic carboxylic acids is 1. The van der Waals surface area contributed by atoms with Gasteiger partial charge in [-0.1, -0.05) is 6.07 Å². The van der Waals surface area contributed by atoms with Crippen LogP contribution in [0.25, 0.3) is 0 Å². The molecule has 0 fully saturated rings. The Bertz CT molecular complexity index is 495. The van der Waals surface area contributed by atoms with Crippen molar-refractivity contribution >= 4 is 17.6 Å². The highest BCUT2D eigenvalue weighted by atomic mass is 16.4. The highest BCUT2D eigenvalue weighted by Crippen LogP contribution is 2.16. The molecule has 0 spiro atoms. The Morgan fingerprint density at radius 3 is 2.58 bits per heavy atom. The van der Waals surface area contributed by atoms with Crippen LogP contribution in [0.1, 0.15) is 42.6 Å². The number of carbonyl (C=O) groups excluding carboxylic acids is 1. The molecule has 5 nitrogen and oxygen atoms in total. The molecule has 5 heteroatoms. The number of carboxylic acids is 1. The maximum absolute atomic E-state index is 12.2. The van der Waals surface area contributed by atoms with Crippen LogP contribution >= 0.6 is 0 Å². The summed E-state index contributed by atoms with van der Waals surface area (Å²) in [6.45, 7) is 5.43. The number of nitrogen functional groups attached to an aromatic ring is 1. The van der Waals surface area contributed by atoms with Crippen molar-refractivity contribution < 1.29 is 14.7 Å². The summed E-state index contributed by atoms with van der Waals surface area (Å²) in [7, 11) is 0. The molecule has 0 heterocycles. The Morgan fingerprint density at radius 2 is 2.00 bits per heavy atom. The van der Waals surface area contributed by atoms with Gasteiger partial charge in [-0.3, -0.25) is 9.59 Å². The molecule has 0 saturated heterocycles. The first kappa shape index (κ1) is 15.0. The first-order chi connectivity index (χ1) is 8.71. The van der Waals surface area contributed by atoms with E-state index in [2.05, 4.69) is 5.32 Å². The average Bonchev–Trinajstić information content (AvgIpc) is 2.29. The monoisotopic (exact) mass is 264 g/mol. The standard InChI is InChI=1S/C14H20N2O3/c1-9-4-5-10(15)8-11(9)13(19)16-14(2,3)7-6-12(17)18/h4-5,8H,6-7,15H2,1-3H3,(H,16,19)(H,17,18). The molecule has 4 N–H and O–H groups in total. The number of aryl methyl sites for hydroxylation is 1. The molecule has 0 aromatic heterocycles. The summed E-state index contributed by atoms with van der Waals surface area (Å²) in [4.78, 5) is 22.7. The molecule has 0 bridgehead atoms. The Hall–Kier alpha value is -2.04. The first-order valence-corrected chi connectivity index (χ1v) is 6.12. The molecule has 0 unspecified atom stereocenters. The number of carbonyl (C=O) groups is 2. The molecule has 104 valence electrons. The molecule has 1 rings (SSSR count). The third-order valence-corrected chi connectivity index (χ3v) is 2.92. The molecular formula is C14H20N2O3. The number of nitrogens with two attached hydrogens (primary N) is 1. The van der Waals surface area contributed by atoms with Gasteiger partial charge < -0.3 is 16.2 Å². The summed E-state index contributed by atoms with van der Waals surface area (Å²) >= 11 is 0. The van der Waals surface area contributed by atoms with E-state index < -0.39 is 11.5 Å². The predicted molar refractivity (Wildman–Crippen MR) is 74.0 cm³/mol. The van der Waals surface area contributed by atoms with Crippen molar-refractivity contribution in [2.24, 2.45) is 0 Å². The topological polar surface area (TPSA) is 92.4 Å². The van der Waals surface area contributed by atoms with E-state index in [0.717, 1.165) is 5.56 Å². The lowest BCUT2D eigenvalue weighted by Crippen LogP contribution is -2.44. The van der Waals surface area contributed by atoms with Crippen molar-refractivity contribution in [3.63, 3.8) is 0 Å². The number of hydrogen-bond acceptors (Lipinski definition) is 3. The van der Waals surface area contributed by atoms with Gasteiger partial charge in [0.2, 0.25) is 0 Å². The van der Waals surface area contributed by atoms with E-state index in [1.807, 2.05) is 6.92 Å². The van der Waals surface area contributed by atoms with Crippen LogP contribution in [0.2, 0.25) is 0 Å². The van der Waals surface area contributed by atoms with E-state index >= 15 is 0 Å². The zero-order valence-electron chi connectivity index (χ0n) is 11.5. The smallest absolute Gasteiger partial charge is 0.303 e. The second-order valence-electron chi connectivity index (χ2n) is 5.31. The van der Waals surface area contributed by atoms with E-state index in [4.69, 9.17) is 10.8 Å². The SMILES string of the molecule is Cc1ccc(N)cc1C(=O)NC(C)(C)CCC(=O)O. The van der Waals surface area contributed by atoms with Crippen molar-refractivity contribution in [1.29, 1.82) is 0 Å². The fraction of sp³-hybridized carbons (Fsp3) is 0.429. The second-order valence-corrected chi connectivity index (χ2v) is 5.31. The minimum Gasteiger partial charge on any atom is -0.481 e. The van der Waals surface area contributed by atoms with Gasteiger partial charge in [0.15, 0.2) is 0 Å². The fourth-order valence-corrected chi connectivity index (χ4v) is 1.74. The zero-order valence-corrected chi connectivity index (χ0v) is 11.5. The van der Waals surface area contributed by atoms with Gasteiger partial charge in [0.25, 0.3) is 5.91 Å². The largest absolute Gasteiger partial charge is 0.481 e. The molecule has 1 amide bonds. The van der Waals surface area contributed by atoms with E-state index in [9.17, 15) is 9.59 Å². The zero-order chi connectivity index (χ0) is 14.6. The fourth-order valence-electron chi connectivity index (χ4n) is 1.74. The summed E-state index contributed by atoms with van der Waals surface area (Å²) in [6.07, 6.45) is 0.388. The van der Waals surface area contributed by atoms with Crippen LogP contribution in [0, 0.1) is 6.92 Å². The van der Waals surface area contributed by atoms with E-state index in [1.165, 1.54) is 0 Å². The van der Waals surface area contributed by atoms with Crippen LogP contribution in [0.3, 0.4) is 0 Å². The van der Waals surface area contributed by atoms with Crippen LogP contribution in [0.5, 0.6) is 0 Å². The third-order valence-electron chi connectivity index (χ3n) is 2.92. The molecule has 0 saturated carbocycles. The minimum atomic E-state index is -0.873. The van der Waals surface area contributed by atoms with E-state index in [-0.39, 0.29) is 12.3 Å². The van der Waals surface area contributed by atoms with Crippen molar-refractivity contribution in [3.8, 4) is 0 Å². The highest BCUT2D eigenvalue weighted by Gasteiger charge is 2.22. The summed E-state index contributed by atoms with van der Waals surface area (Å²) in [5, 5.41) is 11.5. The maximum atomic E-state index is 12.2. The molecular weight excluding hydrogens is 244 g/mol. The van der Waals surface area contributed by atoms with Gasteiger partial charge in [-0.05, 0) is 44.9 Å². The Labute approximate surface area is 112 Å². The van der Waals surface area contributed by atoms with Gasteiger partial charge in [0, 0.05) is 23.2 Å². The summed E-state index contributed by atoms with van der Waals surface area (Å²) in [5.41, 5.74) is 6.97.